The van der Waals surface area contributed by atoms with Crippen molar-refractivity contribution in [1.82, 2.24) is 4.98 Å². The number of carbonyl (C=O) groups excluding carboxylic acids is 1. The van der Waals surface area contributed by atoms with Gasteiger partial charge in [-0.25, -0.2) is 8.42 Å². The van der Waals surface area contributed by atoms with Gasteiger partial charge in [-0.15, -0.1) is 0 Å². The van der Waals surface area contributed by atoms with Crippen LogP contribution in [0.3, 0.4) is 0 Å². The predicted octanol–water partition coefficient (Wildman–Crippen LogP) is 4.41. The van der Waals surface area contributed by atoms with E-state index in [0.29, 0.717) is 22.7 Å². The van der Waals surface area contributed by atoms with E-state index in [9.17, 15) is 13.2 Å². The number of sulfonamides is 1. The first-order valence-corrected chi connectivity index (χ1v) is 13.2. The molecule has 2 heterocycles. The summed E-state index contributed by atoms with van der Waals surface area (Å²) in [6.07, 6.45) is 3.28. The van der Waals surface area contributed by atoms with Crippen LogP contribution in [0.15, 0.2) is 103 Å². The van der Waals surface area contributed by atoms with Crippen molar-refractivity contribution in [3.05, 3.63) is 120 Å². The van der Waals surface area contributed by atoms with Crippen molar-refractivity contribution in [3.63, 3.8) is 0 Å². The van der Waals surface area contributed by atoms with Crippen LogP contribution in [-0.2, 0) is 27.0 Å². The van der Waals surface area contributed by atoms with E-state index in [1.165, 1.54) is 4.31 Å². The Hall–Kier alpha value is -4.17. The van der Waals surface area contributed by atoms with Gasteiger partial charge < -0.3 is 10.1 Å². The van der Waals surface area contributed by atoms with Crippen LogP contribution >= 0.6 is 0 Å². The maximum absolute atomic E-state index is 13.4. The maximum Gasteiger partial charge on any atom is 0.267 e. The SMILES string of the molecule is O=C(Nc1ccc(Cc2ccncc2)cc1)[C@H]1CN(S(=O)(=O)Cc2ccccc2)c2ccccc2O1. The molecule has 1 aliphatic heterocycles. The minimum Gasteiger partial charge on any atom is -0.476 e. The lowest BCUT2D eigenvalue weighted by Gasteiger charge is -2.34. The zero-order valence-electron chi connectivity index (χ0n) is 19.4. The van der Waals surface area contributed by atoms with Gasteiger partial charge in [0, 0.05) is 18.1 Å². The average Bonchev–Trinajstić information content (AvgIpc) is 2.90. The Morgan fingerprint density at radius 1 is 0.861 bits per heavy atom. The van der Waals surface area contributed by atoms with Gasteiger partial charge in [-0.2, -0.15) is 0 Å². The number of carbonyl (C=O) groups is 1. The largest absolute Gasteiger partial charge is 0.476 e. The molecule has 0 aliphatic carbocycles. The van der Waals surface area contributed by atoms with E-state index in [1.807, 2.05) is 42.5 Å². The molecule has 1 atom stereocenters. The van der Waals surface area contributed by atoms with Gasteiger partial charge in [0.2, 0.25) is 10.0 Å². The third-order valence-corrected chi connectivity index (χ3v) is 7.65. The summed E-state index contributed by atoms with van der Waals surface area (Å²) in [5, 5.41) is 2.86. The maximum atomic E-state index is 13.4. The zero-order chi connectivity index (χ0) is 25.0. The number of ether oxygens (including phenoxy) is 1. The minimum absolute atomic E-state index is 0.113. The number of rotatable bonds is 7. The average molecular weight is 500 g/mol. The van der Waals surface area contributed by atoms with Crippen LogP contribution in [0.1, 0.15) is 16.7 Å². The first-order chi connectivity index (χ1) is 17.5. The highest BCUT2D eigenvalue weighted by Crippen LogP contribution is 2.36. The Labute approximate surface area is 210 Å². The van der Waals surface area contributed by atoms with Gasteiger partial charge in [0.1, 0.15) is 5.75 Å². The predicted molar refractivity (Wildman–Crippen MR) is 139 cm³/mol. The van der Waals surface area contributed by atoms with E-state index in [-0.39, 0.29) is 12.3 Å². The van der Waals surface area contributed by atoms with Crippen LogP contribution in [0, 0.1) is 0 Å². The summed E-state index contributed by atoms with van der Waals surface area (Å²) >= 11 is 0. The summed E-state index contributed by atoms with van der Waals surface area (Å²) in [6, 6.07) is 27.3. The summed E-state index contributed by atoms with van der Waals surface area (Å²) in [4.78, 5) is 17.2. The summed E-state index contributed by atoms with van der Waals surface area (Å²) < 4.78 is 33.9. The van der Waals surface area contributed by atoms with Crippen LogP contribution in [0.25, 0.3) is 0 Å². The monoisotopic (exact) mass is 499 g/mol. The van der Waals surface area contributed by atoms with Crippen molar-refractivity contribution in [2.75, 3.05) is 16.2 Å². The van der Waals surface area contributed by atoms with Gasteiger partial charge in [-0.3, -0.25) is 14.1 Å². The molecule has 36 heavy (non-hydrogen) atoms. The standard InChI is InChI=1S/C28H25N3O4S/c32-28(30-24-12-10-21(11-13-24)18-22-14-16-29-17-15-22)27-19-31(25-8-4-5-9-26(25)35-27)36(33,34)20-23-6-2-1-3-7-23/h1-17,27H,18-20H2,(H,30,32)/t27-/m1/s1. The van der Waals surface area contributed by atoms with Crippen LogP contribution in [0.2, 0.25) is 0 Å². The van der Waals surface area contributed by atoms with E-state index in [2.05, 4.69) is 10.3 Å². The van der Waals surface area contributed by atoms with Gasteiger partial charge >= 0.3 is 0 Å². The first-order valence-electron chi connectivity index (χ1n) is 11.6. The van der Waals surface area contributed by atoms with Crippen molar-refractivity contribution in [1.29, 1.82) is 0 Å². The molecule has 0 unspecified atom stereocenters. The quantitative estimate of drug-likeness (QED) is 0.407. The van der Waals surface area contributed by atoms with E-state index in [0.717, 1.165) is 17.5 Å². The Kier molecular flexibility index (Phi) is 6.69. The highest BCUT2D eigenvalue weighted by Gasteiger charge is 2.36. The smallest absolute Gasteiger partial charge is 0.267 e. The molecular formula is C28H25N3O4S. The highest BCUT2D eigenvalue weighted by molar-refractivity contribution is 7.92. The summed E-state index contributed by atoms with van der Waals surface area (Å²) in [6.45, 7) is -0.113. The Bertz CT molecular complexity index is 1440. The molecule has 0 bridgehead atoms. The first kappa shape index (κ1) is 23.6. The number of benzene rings is 3. The third-order valence-electron chi connectivity index (χ3n) is 5.93. The Balaban J connectivity index is 1.31. The van der Waals surface area contributed by atoms with Crippen molar-refractivity contribution in [2.24, 2.45) is 0 Å². The minimum atomic E-state index is -3.76. The lowest BCUT2D eigenvalue weighted by Crippen LogP contribution is -2.49. The topological polar surface area (TPSA) is 88.6 Å². The number of nitrogens with zero attached hydrogens (tertiary/aromatic N) is 2. The van der Waals surface area contributed by atoms with E-state index in [4.69, 9.17) is 4.74 Å². The van der Waals surface area contributed by atoms with Crippen LogP contribution < -0.4 is 14.4 Å². The van der Waals surface area contributed by atoms with Crippen molar-refractivity contribution in [3.8, 4) is 5.75 Å². The van der Waals surface area contributed by atoms with Crippen molar-refractivity contribution < 1.29 is 17.9 Å². The number of pyridine rings is 1. The van der Waals surface area contributed by atoms with E-state index >= 15 is 0 Å². The van der Waals surface area contributed by atoms with Gasteiger partial charge in [-0.1, -0.05) is 54.6 Å². The summed E-state index contributed by atoms with van der Waals surface area (Å²) in [7, 11) is -3.76. The molecular weight excluding hydrogens is 474 g/mol. The van der Waals surface area contributed by atoms with Gasteiger partial charge in [0.15, 0.2) is 6.10 Å². The highest BCUT2D eigenvalue weighted by atomic mass is 32.2. The number of anilines is 2. The van der Waals surface area contributed by atoms with Gasteiger partial charge in [-0.05, 0) is 59.5 Å². The number of hydrogen-bond acceptors (Lipinski definition) is 5. The number of aromatic nitrogens is 1. The number of hydrogen-bond donors (Lipinski definition) is 1. The molecule has 0 fully saturated rings. The molecule has 1 N–H and O–H groups in total. The Morgan fingerprint density at radius 2 is 1.53 bits per heavy atom. The number of amides is 1. The van der Waals surface area contributed by atoms with Crippen LogP contribution in [-0.4, -0.2) is 32.0 Å². The molecule has 1 aromatic heterocycles. The molecule has 8 heteroatoms. The van der Waals surface area contributed by atoms with Gasteiger partial charge in [0.05, 0.1) is 18.0 Å². The molecule has 3 aromatic carbocycles. The van der Waals surface area contributed by atoms with Crippen LogP contribution in [0.4, 0.5) is 11.4 Å². The normalized spacial score (nSPS) is 15.0. The molecule has 4 aromatic rings. The fraction of sp³-hybridized carbons (Fsp3) is 0.143. The molecule has 0 saturated carbocycles. The molecule has 0 saturated heterocycles. The molecule has 1 aliphatic rings. The fourth-order valence-corrected chi connectivity index (χ4v) is 5.71. The number of para-hydroxylation sites is 2. The lowest BCUT2D eigenvalue weighted by atomic mass is 10.1. The Morgan fingerprint density at radius 3 is 2.28 bits per heavy atom. The summed E-state index contributed by atoms with van der Waals surface area (Å²) in [5.41, 5.74) is 3.96. The molecule has 182 valence electrons. The number of nitrogens with one attached hydrogen (secondary N) is 1. The zero-order valence-corrected chi connectivity index (χ0v) is 20.3. The molecule has 5 rings (SSSR count). The third kappa shape index (κ3) is 5.39. The van der Waals surface area contributed by atoms with Crippen LogP contribution in [0.5, 0.6) is 5.75 Å². The van der Waals surface area contributed by atoms with E-state index in [1.54, 1.807) is 60.9 Å². The molecule has 7 nitrogen and oxygen atoms in total. The van der Waals surface area contributed by atoms with Gasteiger partial charge in [0.25, 0.3) is 5.91 Å². The lowest BCUT2D eigenvalue weighted by molar-refractivity contribution is -0.122. The second-order valence-corrected chi connectivity index (χ2v) is 10.5. The van der Waals surface area contributed by atoms with Crippen molar-refractivity contribution >= 4 is 27.3 Å². The second-order valence-electron chi connectivity index (χ2n) is 8.57. The van der Waals surface area contributed by atoms with E-state index < -0.39 is 22.0 Å². The molecule has 0 radical (unpaired) electrons. The molecule has 1 amide bonds. The van der Waals surface area contributed by atoms with Crippen molar-refractivity contribution in [2.45, 2.75) is 18.3 Å². The summed E-state index contributed by atoms with van der Waals surface area (Å²) in [5.74, 6) is -0.227. The molecule has 0 spiro atoms. The second kappa shape index (κ2) is 10.2. The fourth-order valence-electron chi connectivity index (χ4n) is 4.13. The number of fused-ring (bicyclic) bond motifs is 1.